The predicted octanol–water partition coefficient (Wildman–Crippen LogP) is 4.05. The number of ether oxygens (including phenoxy) is 1. The zero-order valence-corrected chi connectivity index (χ0v) is 13.9. The number of nitrogens with one attached hydrogen (secondary N) is 1. The molecular formula is C20H21N3O. The van der Waals surface area contributed by atoms with E-state index >= 15 is 0 Å². The summed E-state index contributed by atoms with van der Waals surface area (Å²) in [5, 5.41) is 0. The fourth-order valence-electron chi connectivity index (χ4n) is 4.30. The Kier molecular flexibility index (Phi) is 3.04. The van der Waals surface area contributed by atoms with Gasteiger partial charge in [0.25, 0.3) is 0 Å². The SMILES string of the molecule is CC1CCC2(CCc3[nH]c4cnc(-c5ccccc5)nc4c3C2)O1. The highest BCUT2D eigenvalue weighted by Crippen LogP contribution is 2.42. The monoisotopic (exact) mass is 319 g/mol. The van der Waals surface area contributed by atoms with Crippen LogP contribution in [0.3, 0.4) is 0 Å². The van der Waals surface area contributed by atoms with Crippen molar-refractivity contribution in [3.05, 3.63) is 47.8 Å². The molecule has 2 aliphatic rings. The van der Waals surface area contributed by atoms with Gasteiger partial charge in [0, 0.05) is 23.2 Å². The van der Waals surface area contributed by atoms with Crippen molar-refractivity contribution in [3.8, 4) is 11.4 Å². The molecule has 1 spiro atoms. The van der Waals surface area contributed by atoms with E-state index in [9.17, 15) is 0 Å². The van der Waals surface area contributed by atoms with Gasteiger partial charge in [0.15, 0.2) is 5.82 Å². The third-order valence-corrected chi connectivity index (χ3v) is 5.54. The summed E-state index contributed by atoms with van der Waals surface area (Å²) in [5.74, 6) is 0.797. The van der Waals surface area contributed by atoms with Crippen LogP contribution in [0.2, 0.25) is 0 Å². The fourth-order valence-corrected chi connectivity index (χ4v) is 4.30. The molecule has 2 atom stereocenters. The summed E-state index contributed by atoms with van der Waals surface area (Å²) >= 11 is 0. The molecule has 5 rings (SSSR count). The van der Waals surface area contributed by atoms with Crippen LogP contribution in [0.5, 0.6) is 0 Å². The van der Waals surface area contributed by atoms with Gasteiger partial charge >= 0.3 is 0 Å². The first kappa shape index (κ1) is 14.2. The van der Waals surface area contributed by atoms with Gasteiger partial charge in [-0.3, -0.25) is 0 Å². The lowest BCUT2D eigenvalue weighted by Gasteiger charge is -2.33. The highest BCUT2D eigenvalue weighted by molar-refractivity contribution is 5.82. The van der Waals surface area contributed by atoms with Crippen molar-refractivity contribution in [2.45, 2.75) is 50.7 Å². The Morgan fingerprint density at radius 2 is 2.08 bits per heavy atom. The van der Waals surface area contributed by atoms with Gasteiger partial charge in [0.2, 0.25) is 0 Å². The van der Waals surface area contributed by atoms with E-state index in [0.717, 1.165) is 48.1 Å². The van der Waals surface area contributed by atoms with Gasteiger partial charge in [-0.1, -0.05) is 30.3 Å². The zero-order valence-electron chi connectivity index (χ0n) is 13.9. The maximum atomic E-state index is 6.32. The third-order valence-electron chi connectivity index (χ3n) is 5.54. The lowest BCUT2D eigenvalue weighted by molar-refractivity contribution is -0.0425. The summed E-state index contributed by atoms with van der Waals surface area (Å²) in [5.41, 5.74) is 5.86. The average molecular weight is 319 g/mol. The number of hydrogen-bond acceptors (Lipinski definition) is 3. The van der Waals surface area contributed by atoms with Gasteiger partial charge in [0.1, 0.15) is 0 Å². The smallest absolute Gasteiger partial charge is 0.159 e. The number of benzene rings is 1. The molecule has 0 radical (unpaired) electrons. The molecule has 0 saturated carbocycles. The maximum absolute atomic E-state index is 6.32. The first-order valence-corrected chi connectivity index (χ1v) is 8.82. The number of H-pyrrole nitrogens is 1. The molecule has 1 N–H and O–H groups in total. The lowest BCUT2D eigenvalue weighted by atomic mass is 9.81. The minimum atomic E-state index is 0.0272. The van der Waals surface area contributed by atoms with Gasteiger partial charge in [-0.2, -0.15) is 0 Å². The molecule has 2 unspecified atom stereocenters. The summed E-state index contributed by atoms with van der Waals surface area (Å²) in [6.45, 7) is 2.19. The van der Waals surface area contributed by atoms with Crippen LogP contribution in [0, 0.1) is 0 Å². The van der Waals surface area contributed by atoms with E-state index in [1.54, 1.807) is 0 Å². The van der Waals surface area contributed by atoms with E-state index in [1.807, 2.05) is 24.4 Å². The Hall–Kier alpha value is -2.20. The quantitative estimate of drug-likeness (QED) is 0.736. The van der Waals surface area contributed by atoms with Gasteiger partial charge in [0.05, 0.1) is 28.9 Å². The van der Waals surface area contributed by atoms with Crippen molar-refractivity contribution >= 4 is 11.0 Å². The lowest BCUT2D eigenvalue weighted by Crippen LogP contribution is -2.35. The second-order valence-electron chi connectivity index (χ2n) is 7.23. The number of aromatic nitrogens is 3. The Morgan fingerprint density at radius 3 is 2.88 bits per heavy atom. The Morgan fingerprint density at radius 1 is 1.21 bits per heavy atom. The van der Waals surface area contributed by atoms with E-state index in [-0.39, 0.29) is 5.60 Å². The largest absolute Gasteiger partial charge is 0.372 e. The first-order valence-electron chi connectivity index (χ1n) is 8.82. The second kappa shape index (κ2) is 5.15. The van der Waals surface area contributed by atoms with Crippen molar-refractivity contribution in [2.24, 2.45) is 0 Å². The highest BCUT2D eigenvalue weighted by Gasteiger charge is 2.42. The number of hydrogen-bond donors (Lipinski definition) is 1. The molecule has 4 nitrogen and oxygen atoms in total. The van der Waals surface area contributed by atoms with Crippen LogP contribution in [-0.2, 0) is 17.6 Å². The van der Waals surface area contributed by atoms with Crippen LogP contribution >= 0.6 is 0 Å². The molecule has 1 aromatic carbocycles. The second-order valence-corrected chi connectivity index (χ2v) is 7.23. The van der Waals surface area contributed by atoms with E-state index in [1.165, 1.54) is 17.7 Å². The van der Waals surface area contributed by atoms with Crippen molar-refractivity contribution in [3.63, 3.8) is 0 Å². The molecule has 4 heteroatoms. The van der Waals surface area contributed by atoms with Crippen molar-refractivity contribution in [1.29, 1.82) is 0 Å². The number of fused-ring (bicyclic) bond motifs is 3. The molecule has 2 aromatic heterocycles. The summed E-state index contributed by atoms with van der Waals surface area (Å²) in [6.07, 6.45) is 7.76. The first-order chi connectivity index (χ1) is 11.7. The van der Waals surface area contributed by atoms with Gasteiger partial charge in [-0.05, 0) is 32.6 Å². The van der Waals surface area contributed by atoms with Crippen LogP contribution in [0.4, 0.5) is 0 Å². The molecule has 0 amide bonds. The molecule has 1 aliphatic carbocycles. The van der Waals surface area contributed by atoms with E-state index in [2.05, 4.69) is 29.0 Å². The minimum absolute atomic E-state index is 0.0272. The molecule has 1 aliphatic heterocycles. The molecule has 1 fully saturated rings. The zero-order chi connectivity index (χ0) is 16.1. The number of aryl methyl sites for hydroxylation is 1. The molecule has 122 valence electrons. The normalized spacial score (nSPS) is 26.1. The predicted molar refractivity (Wildman–Crippen MR) is 93.9 cm³/mol. The number of rotatable bonds is 1. The molecule has 24 heavy (non-hydrogen) atoms. The third kappa shape index (κ3) is 2.17. The molecule has 3 heterocycles. The van der Waals surface area contributed by atoms with E-state index in [4.69, 9.17) is 9.72 Å². The van der Waals surface area contributed by atoms with E-state index in [0.29, 0.717) is 6.10 Å². The van der Waals surface area contributed by atoms with Crippen LogP contribution in [0.15, 0.2) is 36.5 Å². The van der Waals surface area contributed by atoms with Crippen molar-refractivity contribution in [1.82, 2.24) is 15.0 Å². The van der Waals surface area contributed by atoms with Crippen molar-refractivity contribution < 1.29 is 4.74 Å². The Bertz CT molecular complexity index is 902. The number of aromatic amines is 1. The van der Waals surface area contributed by atoms with Crippen molar-refractivity contribution in [2.75, 3.05) is 0 Å². The van der Waals surface area contributed by atoms with Crippen LogP contribution in [0.1, 0.15) is 37.4 Å². The summed E-state index contributed by atoms with van der Waals surface area (Å²) in [6, 6.07) is 10.2. The Balaban J connectivity index is 1.60. The molecular weight excluding hydrogens is 298 g/mol. The fraction of sp³-hybridized carbons (Fsp3) is 0.400. The van der Waals surface area contributed by atoms with Gasteiger partial charge in [-0.25, -0.2) is 9.97 Å². The van der Waals surface area contributed by atoms with Crippen LogP contribution in [0.25, 0.3) is 22.4 Å². The average Bonchev–Trinajstić information content (AvgIpc) is 3.16. The van der Waals surface area contributed by atoms with Gasteiger partial charge < -0.3 is 9.72 Å². The maximum Gasteiger partial charge on any atom is 0.159 e. The number of nitrogens with zero attached hydrogens (tertiary/aromatic N) is 2. The van der Waals surface area contributed by atoms with Crippen LogP contribution < -0.4 is 0 Å². The molecule has 0 bridgehead atoms. The summed E-state index contributed by atoms with van der Waals surface area (Å²) < 4.78 is 6.32. The molecule has 1 saturated heterocycles. The van der Waals surface area contributed by atoms with Crippen LogP contribution in [-0.4, -0.2) is 26.7 Å². The minimum Gasteiger partial charge on any atom is -0.372 e. The Labute approximate surface area is 141 Å². The summed E-state index contributed by atoms with van der Waals surface area (Å²) in [4.78, 5) is 13.0. The van der Waals surface area contributed by atoms with Gasteiger partial charge in [-0.15, -0.1) is 0 Å². The summed E-state index contributed by atoms with van der Waals surface area (Å²) in [7, 11) is 0. The standard InChI is InChI=1S/C20H21N3O/c1-13-7-9-20(24-13)10-8-16-15(11-20)18-17(22-16)12-21-19(23-18)14-5-3-2-4-6-14/h2-6,12-13,22H,7-11H2,1H3. The molecule has 3 aromatic rings. The topological polar surface area (TPSA) is 50.8 Å². The van der Waals surface area contributed by atoms with E-state index < -0.39 is 0 Å². The highest BCUT2D eigenvalue weighted by atomic mass is 16.5.